The SMILES string of the molecule is CC(C)Oc1ccc(NC(=O)C2(c3ccccc3)CCCCC2)cc1. The molecule has 0 aliphatic heterocycles. The van der Waals surface area contributed by atoms with Crippen molar-refractivity contribution in [3.8, 4) is 5.75 Å². The van der Waals surface area contributed by atoms with E-state index in [1.807, 2.05) is 56.3 Å². The third-order valence-corrected chi connectivity index (χ3v) is 4.95. The van der Waals surface area contributed by atoms with Gasteiger partial charge in [0.1, 0.15) is 5.75 Å². The molecule has 1 aliphatic carbocycles. The molecule has 2 aromatic carbocycles. The van der Waals surface area contributed by atoms with Gasteiger partial charge >= 0.3 is 0 Å². The van der Waals surface area contributed by atoms with E-state index in [2.05, 4.69) is 17.4 Å². The molecule has 3 nitrogen and oxygen atoms in total. The molecule has 1 saturated carbocycles. The quantitative estimate of drug-likeness (QED) is 0.802. The molecule has 1 fully saturated rings. The molecule has 0 heterocycles. The monoisotopic (exact) mass is 337 g/mol. The number of anilines is 1. The maximum atomic E-state index is 13.2. The molecule has 2 aromatic rings. The Bertz CT molecular complexity index is 686. The number of ether oxygens (including phenoxy) is 1. The van der Waals surface area contributed by atoms with Gasteiger partial charge in [0.2, 0.25) is 5.91 Å². The number of carbonyl (C=O) groups excluding carboxylic acids is 1. The van der Waals surface area contributed by atoms with Gasteiger partial charge in [-0.25, -0.2) is 0 Å². The van der Waals surface area contributed by atoms with Gasteiger partial charge in [-0.2, -0.15) is 0 Å². The first-order chi connectivity index (χ1) is 12.1. The van der Waals surface area contributed by atoms with Crippen LogP contribution in [0.1, 0.15) is 51.5 Å². The summed E-state index contributed by atoms with van der Waals surface area (Å²) in [7, 11) is 0. The summed E-state index contributed by atoms with van der Waals surface area (Å²) >= 11 is 0. The topological polar surface area (TPSA) is 38.3 Å². The summed E-state index contributed by atoms with van der Waals surface area (Å²) in [6.45, 7) is 4.00. The van der Waals surface area contributed by atoms with Crippen LogP contribution < -0.4 is 10.1 Å². The minimum atomic E-state index is -0.410. The van der Waals surface area contributed by atoms with Gasteiger partial charge in [-0.05, 0) is 56.5 Å². The fourth-order valence-corrected chi connectivity index (χ4v) is 3.70. The Labute approximate surface area is 150 Å². The highest BCUT2D eigenvalue weighted by Crippen LogP contribution is 2.40. The molecule has 3 rings (SSSR count). The lowest BCUT2D eigenvalue weighted by molar-refractivity contribution is -0.122. The summed E-state index contributed by atoms with van der Waals surface area (Å²) in [6, 6.07) is 17.9. The molecule has 1 N–H and O–H groups in total. The van der Waals surface area contributed by atoms with Gasteiger partial charge < -0.3 is 10.1 Å². The van der Waals surface area contributed by atoms with Crippen LogP contribution in [0.15, 0.2) is 54.6 Å². The minimum absolute atomic E-state index is 0.107. The first-order valence-corrected chi connectivity index (χ1v) is 9.24. The Balaban J connectivity index is 1.79. The normalized spacial score (nSPS) is 16.4. The second-order valence-corrected chi connectivity index (χ2v) is 7.15. The van der Waals surface area contributed by atoms with Crippen molar-refractivity contribution in [1.82, 2.24) is 0 Å². The zero-order chi connectivity index (χ0) is 17.7. The van der Waals surface area contributed by atoms with Gasteiger partial charge in [0.25, 0.3) is 0 Å². The van der Waals surface area contributed by atoms with Crippen LogP contribution in [-0.2, 0) is 10.2 Å². The van der Waals surface area contributed by atoms with Crippen molar-refractivity contribution in [1.29, 1.82) is 0 Å². The molecule has 0 spiro atoms. The van der Waals surface area contributed by atoms with E-state index in [-0.39, 0.29) is 12.0 Å². The van der Waals surface area contributed by atoms with Crippen LogP contribution >= 0.6 is 0 Å². The predicted molar refractivity (Wildman–Crippen MR) is 102 cm³/mol. The zero-order valence-electron chi connectivity index (χ0n) is 15.1. The molecule has 0 unspecified atom stereocenters. The fraction of sp³-hybridized carbons (Fsp3) is 0.409. The maximum absolute atomic E-state index is 13.2. The largest absolute Gasteiger partial charge is 0.491 e. The van der Waals surface area contributed by atoms with Crippen molar-refractivity contribution in [2.45, 2.75) is 57.5 Å². The third-order valence-electron chi connectivity index (χ3n) is 4.95. The molecule has 0 radical (unpaired) electrons. The number of hydrogen-bond acceptors (Lipinski definition) is 2. The van der Waals surface area contributed by atoms with E-state index in [0.717, 1.165) is 42.7 Å². The Morgan fingerprint density at radius 3 is 2.20 bits per heavy atom. The molecule has 3 heteroatoms. The maximum Gasteiger partial charge on any atom is 0.235 e. The van der Waals surface area contributed by atoms with Crippen molar-refractivity contribution in [2.75, 3.05) is 5.32 Å². The number of benzene rings is 2. The van der Waals surface area contributed by atoms with Crippen molar-refractivity contribution in [3.05, 3.63) is 60.2 Å². The van der Waals surface area contributed by atoms with Gasteiger partial charge in [-0.3, -0.25) is 4.79 Å². The number of carbonyl (C=O) groups is 1. The summed E-state index contributed by atoms with van der Waals surface area (Å²) in [5.74, 6) is 0.930. The lowest BCUT2D eigenvalue weighted by Crippen LogP contribution is -2.42. The molecule has 25 heavy (non-hydrogen) atoms. The lowest BCUT2D eigenvalue weighted by atomic mass is 9.68. The van der Waals surface area contributed by atoms with Crippen LogP contribution in [0.4, 0.5) is 5.69 Å². The summed E-state index contributed by atoms with van der Waals surface area (Å²) in [5.41, 5.74) is 1.54. The van der Waals surface area contributed by atoms with E-state index >= 15 is 0 Å². The number of rotatable bonds is 5. The van der Waals surface area contributed by atoms with Crippen molar-refractivity contribution < 1.29 is 9.53 Å². The van der Waals surface area contributed by atoms with E-state index in [0.29, 0.717) is 0 Å². The molecule has 0 aromatic heterocycles. The lowest BCUT2D eigenvalue weighted by Gasteiger charge is -2.36. The first kappa shape index (κ1) is 17.5. The van der Waals surface area contributed by atoms with Crippen LogP contribution in [0.5, 0.6) is 5.75 Å². The summed E-state index contributed by atoms with van der Waals surface area (Å²) in [4.78, 5) is 13.2. The number of nitrogens with one attached hydrogen (secondary N) is 1. The fourth-order valence-electron chi connectivity index (χ4n) is 3.70. The Hall–Kier alpha value is -2.29. The van der Waals surface area contributed by atoms with Crippen molar-refractivity contribution in [2.24, 2.45) is 0 Å². The predicted octanol–water partition coefficient (Wildman–Crippen LogP) is 5.31. The molecule has 0 atom stereocenters. The molecule has 132 valence electrons. The van der Waals surface area contributed by atoms with Gasteiger partial charge in [0.05, 0.1) is 11.5 Å². The second kappa shape index (κ2) is 7.73. The van der Waals surface area contributed by atoms with E-state index in [1.165, 1.54) is 6.42 Å². The highest BCUT2D eigenvalue weighted by atomic mass is 16.5. The van der Waals surface area contributed by atoms with Crippen molar-refractivity contribution in [3.63, 3.8) is 0 Å². The van der Waals surface area contributed by atoms with Gasteiger partial charge in [-0.1, -0.05) is 49.6 Å². The minimum Gasteiger partial charge on any atom is -0.491 e. The summed E-state index contributed by atoms with van der Waals surface area (Å²) in [6.07, 6.45) is 5.38. The van der Waals surface area contributed by atoms with Gasteiger partial charge in [0.15, 0.2) is 0 Å². The number of hydrogen-bond donors (Lipinski definition) is 1. The third kappa shape index (κ3) is 4.04. The smallest absolute Gasteiger partial charge is 0.235 e. The Morgan fingerprint density at radius 1 is 0.960 bits per heavy atom. The molecular formula is C22H27NO2. The van der Waals surface area contributed by atoms with E-state index in [4.69, 9.17) is 4.74 Å². The summed E-state index contributed by atoms with van der Waals surface area (Å²) in [5, 5.41) is 3.14. The zero-order valence-corrected chi connectivity index (χ0v) is 15.1. The standard InChI is InChI=1S/C22H27NO2/c1-17(2)25-20-13-11-19(12-14-20)23-21(24)22(15-7-4-8-16-22)18-9-5-3-6-10-18/h3,5-6,9-14,17H,4,7-8,15-16H2,1-2H3,(H,23,24). The van der Waals surface area contributed by atoms with Crippen LogP contribution in [0.2, 0.25) is 0 Å². The molecule has 1 amide bonds. The Kier molecular flexibility index (Phi) is 5.42. The van der Waals surface area contributed by atoms with Gasteiger partial charge in [0, 0.05) is 5.69 Å². The van der Waals surface area contributed by atoms with Crippen LogP contribution in [0.25, 0.3) is 0 Å². The highest BCUT2D eigenvalue weighted by Gasteiger charge is 2.40. The first-order valence-electron chi connectivity index (χ1n) is 9.24. The van der Waals surface area contributed by atoms with E-state index < -0.39 is 5.41 Å². The van der Waals surface area contributed by atoms with E-state index in [1.54, 1.807) is 0 Å². The molecule has 0 bridgehead atoms. The molecule has 1 aliphatic rings. The van der Waals surface area contributed by atoms with Crippen LogP contribution in [0.3, 0.4) is 0 Å². The Morgan fingerprint density at radius 2 is 1.60 bits per heavy atom. The molecular weight excluding hydrogens is 310 g/mol. The molecule has 0 saturated heterocycles. The highest BCUT2D eigenvalue weighted by molar-refractivity contribution is 5.99. The van der Waals surface area contributed by atoms with Crippen LogP contribution in [-0.4, -0.2) is 12.0 Å². The second-order valence-electron chi connectivity index (χ2n) is 7.15. The van der Waals surface area contributed by atoms with Gasteiger partial charge in [-0.15, -0.1) is 0 Å². The number of amides is 1. The average Bonchev–Trinajstić information content (AvgIpc) is 2.64. The van der Waals surface area contributed by atoms with E-state index in [9.17, 15) is 4.79 Å². The van der Waals surface area contributed by atoms with Crippen LogP contribution in [0, 0.1) is 0 Å². The van der Waals surface area contributed by atoms with Crippen molar-refractivity contribution >= 4 is 11.6 Å². The average molecular weight is 337 g/mol. The summed E-state index contributed by atoms with van der Waals surface area (Å²) < 4.78 is 5.67.